The summed E-state index contributed by atoms with van der Waals surface area (Å²) >= 11 is 5.28. The molecule has 3 aromatic rings. The van der Waals surface area contributed by atoms with Gasteiger partial charge in [0.05, 0.1) is 12.2 Å². The van der Waals surface area contributed by atoms with Crippen LogP contribution in [-0.2, 0) is 6.54 Å². The van der Waals surface area contributed by atoms with Crippen LogP contribution in [0.15, 0.2) is 54.7 Å². The van der Waals surface area contributed by atoms with Crippen molar-refractivity contribution in [3.63, 3.8) is 0 Å². The molecule has 0 aliphatic rings. The van der Waals surface area contributed by atoms with Gasteiger partial charge in [0.15, 0.2) is 10.9 Å². The lowest BCUT2D eigenvalue weighted by Gasteiger charge is -2.14. The van der Waals surface area contributed by atoms with Crippen LogP contribution in [0.1, 0.15) is 16.7 Å². The Morgan fingerprint density at radius 1 is 1.14 bits per heavy atom. The van der Waals surface area contributed by atoms with E-state index in [-0.39, 0.29) is 10.9 Å². The fraction of sp³-hybridized carbons (Fsp3) is 0.200. The van der Waals surface area contributed by atoms with Crippen LogP contribution in [0, 0.1) is 13.8 Å². The molecule has 0 atom stereocenters. The molecular weight excluding hydrogens is 382 g/mol. The van der Waals surface area contributed by atoms with E-state index in [1.54, 1.807) is 22.9 Å². The highest BCUT2D eigenvalue weighted by atomic mass is 32.1. The highest BCUT2D eigenvalue weighted by Gasteiger charge is 2.12. The molecule has 146 valence electrons. The van der Waals surface area contributed by atoms with Crippen LogP contribution in [0.2, 0.25) is 0 Å². The van der Waals surface area contributed by atoms with Crippen LogP contribution in [-0.4, -0.2) is 21.5 Å². The summed E-state index contributed by atoms with van der Waals surface area (Å²) in [5.74, 6) is 0.574. The second-order valence-electron chi connectivity index (χ2n) is 6.28. The second kappa shape index (κ2) is 8.79. The van der Waals surface area contributed by atoms with Gasteiger partial charge in [-0.1, -0.05) is 30.3 Å². The Kier molecular flexibility index (Phi) is 6.20. The van der Waals surface area contributed by atoms with Crippen molar-refractivity contribution in [3.8, 4) is 5.75 Å². The SMILES string of the molecule is Cc1ccc(OC(F)F)c(NC(=S)Nc2ccn(Cc3ccccc3C)n2)c1. The molecule has 3 rings (SSSR count). The van der Waals surface area contributed by atoms with Crippen LogP contribution >= 0.6 is 12.2 Å². The number of ether oxygens (including phenoxy) is 1. The van der Waals surface area contributed by atoms with Crippen molar-refractivity contribution in [2.45, 2.75) is 27.0 Å². The summed E-state index contributed by atoms with van der Waals surface area (Å²) in [4.78, 5) is 0. The summed E-state index contributed by atoms with van der Waals surface area (Å²) < 4.78 is 31.5. The van der Waals surface area contributed by atoms with E-state index in [0.717, 1.165) is 5.56 Å². The Labute approximate surface area is 167 Å². The van der Waals surface area contributed by atoms with Crippen LogP contribution < -0.4 is 15.4 Å². The first-order valence-corrected chi connectivity index (χ1v) is 9.03. The van der Waals surface area contributed by atoms with E-state index in [4.69, 9.17) is 12.2 Å². The summed E-state index contributed by atoms with van der Waals surface area (Å²) in [5, 5.41) is 10.5. The molecule has 0 unspecified atom stereocenters. The van der Waals surface area contributed by atoms with Gasteiger partial charge in [-0.2, -0.15) is 13.9 Å². The Bertz CT molecular complexity index is 974. The number of alkyl halides is 2. The molecule has 2 N–H and O–H groups in total. The molecule has 28 heavy (non-hydrogen) atoms. The fourth-order valence-electron chi connectivity index (χ4n) is 2.69. The van der Waals surface area contributed by atoms with Gasteiger partial charge in [0.25, 0.3) is 0 Å². The van der Waals surface area contributed by atoms with Gasteiger partial charge < -0.3 is 15.4 Å². The quantitative estimate of drug-likeness (QED) is 0.571. The Balaban J connectivity index is 1.65. The zero-order chi connectivity index (χ0) is 20.1. The highest BCUT2D eigenvalue weighted by molar-refractivity contribution is 7.80. The molecule has 0 bridgehead atoms. The van der Waals surface area contributed by atoms with Gasteiger partial charge in [0.1, 0.15) is 5.75 Å². The minimum Gasteiger partial charge on any atom is -0.433 e. The highest BCUT2D eigenvalue weighted by Crippen LogP contribution is 2.27. The van der Waals surface area contributed by atoms with Gasteiger partial charge in [-0.25, -0.2) is 0 Å². The van der Waals surface area contributed by atoms with Crippen LogP contribution in [0.5, 0.6) is 5.75 Å². The molecule has 1 aromatic heterocycles. The molecule has 0 saturated carbocycles. The molecule has 5 nitrogen and oxygen atoms in total. The Hall–Kier alpha value is -3.00. The molecule has 0 radical (unpaired) electrons. The maximum absolute atomic E-state index is 12.6. The van der Waals surface area contributed by atoms with E-state index in [1.165, 1.54) is 17.2 Å². The normalized spacial score (nSPS) is 10.8. The topological polar surface area (TPSA) is 51.1 Å². The smallest absolute Gasteiger partial charge is 0.387 e. The van der Waals surface area contributed by atoms with E-state index in [9.17, 15) is 8.78 Å². The summed E-state index contributed by atoms with van der Waals surface area (Å²) in [7, 11) is 0. The number of thiocarbonyl (C=S) groups is 1. The van der Waals surface area contributed by atoms with Gasteiger partial charge in [0, 0.05) is 12.3 Å². The van der Waals surface area contributed by atoms with Gasteiger partial charge in [-0.15, -0.1) is 0 Å². The van der Waals surface area contributed by atoms with E-state index in [0.29, 0.717) is 18.1 Å². The predicted octanol–water partition coefficient (Wildman–Crippen LogP) is 4.96. The number of nitrogens with one attached hydrogen (secondary N) is 2. The molecule has 1 heterocycles. The number of benzene rings is 2. The summed E-state index contributed by atoms with van der Waals surface area (Å²) in [5.41, 5.74) is 3.61. The molecule has 0 fully saturated rings. The molecule has 0 spiro atoms. The predicted molar refractivity (Wildman–Crippen MR) is 110 cm³/mol. The van der Waals surface area contributed by atoms with Crippen molar-refractivity contribution in [1.82, 2.24) is 9.78 Å². The first-order valence-electron chi connectivity index (χ1n) is 8.62. The zero-order valence-electron chi connectivity index (χ0n) is 15.4. The number of rotatable bonds is 6. The minimum atomic E-state index is -2.91. The van der Waals surface area contributed by atoms with Crippen molar-refractivity contribution in [1.29, 1.82) is 0 Å². The maximum atomic E-state index is 12.6. The molecule has 0 saturated heterocycles. The van der Waals surface area contributed by atoms with Crippen molar-refractivity contribution < 1.29 is 13.5 Å². The summed E-state index contributed by atoms with van der Waals surface area (Å²) in [6.45, 7) is 1.62. The first kappa shape index (κ1) is 19.8. The van der Waals surface area contributed by atoms with Crippen LogP contribution in [0.25, 0.3) is 0 Å². The van der Waals surface area contributed by atoms with Gasteiger partial charge in [0.2, 0.25) is 0 Å². The maximum Gasteiger partial charge on any atom is 0.387 e. The first-order chi connectivity index (χ1) is 13.4. The van der Waals surface area contributed by atoms with E-state index < -0.39 is 6.61 Å². The number of aryl methyl sites for hydroxylation is 2. The molecule has 8 heteroatoms. The molecular formula is C20H20F2N4OS. The van der Waals surface area contributed by atoms with Gasteiger partial charge in [-0.05, 0) is 54.9 Å². The Morgan fingerprint density at radius 2 is 1.93 bits per heavy atom. The average molecular weight is 402 g/mol. The number of hydrogen-bond donors (Lipinski definition) is 2. The zero-order valence-corrected chi connectivity index (χ0v) is 16.3. The van der Waals surface area contributed by atoms with Crippen molar-refractivity contribution in [2.75, 3.05) is 10.6 Å². The second-order valence-corrected chi connectivity index (χ2v) is 6.69. The number of aromatic nitrogens is 2. The van der Waals surface area contributed by atoms with Gasteiger partial charge >= 0.3 is 6.61 Å². The lowest BCUT2D eigenvalue weighted by atomic mass is 10.1. The Morgan fingerprint density at radius 3 is 2.68 bits per heavy atom. The average Bonchev–Trinajstić information content (AvgIpc) is 3.06. The van der Waals surface area contributed by atoms with E-state index in [1.807, 2.05) is 25.3 Å². The largest absolute Gasteiger partial charge is 0.433 e. The number of nitrogens with zero attached hydrogens (tertiary/aromatic N) is 2. The number of anilines is 2. The third-order valence-corrected chi connectivity index (χ3v) is 4.28. The molecule has 0 amide bonds. The van der Waals surface area contributed by atoms with E-state index >= 15 is 0 Å². The fourth-order valence-corrected chi connectivity index (χ4v) is 2.90. The standard InChI is InChI=1S/C20H20F2N4OS/c1-13-7-8-17(27-19(21)22)16(11-13)23-20(28)24-18-9-10-26(25-18)12-15-6-4-3-5-14(15)2/h3-11,19H,12H2,1-2H3,(H2,23,24,25,28). The van der Waals surface area contributed by atoms with E-state index in [2.05, 4.69) is 39.5 Å². The van der Waals surface area contributed by atoms with Crippen molar-refractivity contribution >= 4 is 28.8 Å². The third kappa shape index (κ3) is 5.26. The minimum absolute atomic E-state index is 0.0230. The van der Waals surface area contributed by atoms with Crippen molar-refractivity contribution in [3.05, 3.63) is 71.4 Å². The number of hydrogen-bond acceptors (Lipinski definition) is 3. The number of halogens is 2. The van der Waals surface area contributed by atoms with Crippen LogP contribution in [0.3, 0.4) is 0 Å². The van der Waals surface area contributed by atoms with Gasteiger partial charge in [-0.3, -0.25) is 4.68 Å². The third-order valence-electron chi connectivity index (χ3n) is 4.08. The summed E-state index contributed by atoms with van der Waals surface area (Å²) in [6.07, 6.45) is 1.84. The molecule has 0 aliphatic carbocycles. The lowest BCUT2D eigenvalue weighted by molar-refractivity contribution is -0.0493. The van der Waals surface area contributed by atoms with Crippen molar-refractivity contribution in [2.24, 2.45) is 0 Å². The molecule has 2 aromatic carbocycles. The molecule has 0 aliphatic heterocycles. The lowest BCUT2D eigenvalue weighted by Crippen LogP contribution is -2.20. The summed E-state index contributed by atoms with van der Waals surface area (Å²) in [6, 6.07) is 14.7. The van der Waals surface area contributed by atoms with Crippen LogP contribution in [0.4, 0.5) is 20.3 Å². The monoisotopic (exact) mass is 402 g/mol.